The number of rotatable bonds is 1. The quantitative estimate of drug-likeness (QED) is 0.724. The molecule has 0 heterocycles. The highest BCUT2D eigenvalue weighted by atomic mass is 16.3. The van der Waals surface area contributed by atoms with Gasteiger partial charge in [-0.1, -0.05) is 19.0 Å². The van der Waals surface area contributed by atoms with Crippen LogP contribution < -0.4 is 0 Å². The van der Waals surface area contributed by atoms with Crippen molar-refractivity contribution in [3.05, 3.63) is 4.91 Å². The zero-order valence-corrected chi connectivity index (χ0v) is 14.1. The van der Waals surface area contributed by atoms with Crippen molar-refractivity contribution < 1.29 is 5.11 Å². The van der Waals surface area contributed by atoms with Crippen LogP contribution in [0.15, 0.2) is 5.18 Å². The van der Waals surface area contributed by atoms with Crippen LogP contribution in [0.5, 0.6) is 0 Å². The largest absolute Gasteiger partial charge is 0.393 e. The molecule has 1 N–H and O–H groups in total. The lowest BCUT2D eigenvalue weighted by Gasteiger charge is -2.60. The van der Waals surface area contributed by atoms with E-state index in [0.29, 0.717) is 11.3 Å². The third kappa shape index (κ3) is 1.90. The van der Waals surface area contributed by atoms with E-state index in [1.165, 1.54) is 38.5 Å². The summed E-state index contributed by atoms with van der Waals surface area (Å²) in [5.41, 5.74) is 0.616. The Kier molecular flexibility index (Phi) is 3.45. The first-order valence-electron chi connectivity index (χ1n) is 9.49. The van der Waals surface area contributed by atoms with E-state index in [-0.39, 0.29) is 17.6 Å². The molecule has 0 aromatic carbocycles. The average Bonchev–Trinajstić information content (AvgIpc) is 2.82. The summed E-state index contributed by atoms with van der Waals surface area (Å²) in [6, 6.07) is 0.0804. The van der Waals surface area contributed by atoms with E-state index in [2.05, 4.69) is 19.0 Å². The van der Waals surface area contributed by atoms with Crippen molar-refractivity contribution >= 4 is 0 Å². The third-order valence-electron chi connectivity index (χ3n) is 8.74. The third-order valence-corrected chi connectivity index (χ3v) is 8.74. The number of fused-ring (bicyclic) bond motifs is 5. The van der Waals surface area contributed by atoms with E-state index in [9.17, 15) is 10.0 Å². The van der Waals surface area contributed by atoms with E-state index in [1.807, 2.05) is 0 Å². The van der Waals surface area contributed by atoms with Gasteiger partial charge in [-0.25, -0.2) is 0 Å². The predicted molar refractivity (Wildman–Crippen MR) is 87.3 cm³/mol. The fourth-order valence-electron chi connectivity index (χ4n) is 7.30. The molecule has 3 heteroatoms. The zero-order chi connectivity index (χ0) is 15.5. The Bertz CT molecular complexity index is 466. The molecule has 0 spiro atoms. The van der Waals surface area contributed by atoms with Gasteiger partial charge >= 0.3 is 0 Å². The molecule has 124 valence electrons. The molecule has 3 nitrogen and oxygen atoms in total. The number of hydrogen-bond acceptors (Lipinski definition) is 3. The standard InChI is InChI=1S/C19H31NO2/c1-18-9-7-13(20-22)11-12(18)3-4-14-15-5-6-17(21)19(15,2)10-8-16(14)18/h12-17,21H,3-11H2,1-2H3/t12?,13?,14?,15?,16?,17?,18-,19?/m0/s1. The minimum absolute atomic E-state index is 0.0704. The van der Waals surface area contributed by atoms with Crippen LogP contribution in [-0.4, -0.2) is 17.3 Å². The lowest BCUT2D eigenvalue weighted by Crippen LogP contribution is -2.54. The van der Waals surface area contributed by atoms with Gasteiger partial charge < -0.3 is 5.11 Å². The molecule has 22 heavy (non-hydrogen) atoms. The van der Waals surface area contributed by atoms with Gasteiger partial charge in [0.2, 0.25) is 0 Å². The number of nitrogens with zero attached hydrogens (tertiary/aromatic N) is 1. The highest BCUT2D eigenvalue weighted by Crippen LogP contribution is 2.66. The first-order chi connectivity index (χ1) is 10.5. The first kappa shape index (κ1) is 15.1. The second kappa shape index (κ2) is 5.03. The molecule has 0 radical (unpaired) electrons. The lowest BCUT2D eigenvalue weighted by molar-refractivity contribution is -0.122. The van der Waals surface area contributed by atoms with Crippen LogP contribution in [0.1, 0.15) is 71.6 Å². The van der Waals surface area contributed by atoms with Gasteiger partial charge in [0, 0.05) is 0 Å². The molecule has 0 aliphatic heterocycles. The monoisotopic (exact) mass is 305 g/mol. The van der Waals surface area contributed by atoms with Crippen molar-refractivity contribution in [1.82, 2.24) is 0 Å². The summed E-state index contributed by atoms with van der Waals surface area (Å²) >= 11 is 0. The van der Waals surface area contributed by atoms with Crippen molar-refractivity contribution in [3.63, 3.8) is 0 Å². The molecule has 4 aliphatic carbocycles. The van der Waals surface area contributed by atoms with E-state index >= 15 is 0 Å². The fraction of sp³-hybridized carbons (Fsp3) is 1.00. The van der Waals surface area contributed by atoms with Gasteiger partial charge in [-0.3, -0.25) is 0 Å². The van der Waals surface area contributed by atoms with Crippen LogP contribution in [-0.2, 0) is 0 Å². The van der Waals surface area contributed by atoms with Gasteiger partial charge in [-0.2, -0.15) is 4.91 Å². The van der Waals surface area contributed by atoms with Crippen molar-refractivity contribution in [3.8, 4) is 0 Å². The Morgan fingerprint density at radius 3 is 2.41 bits per heavy atom. The maximum Gasteiger partial charge on any atom is 0.0922 e. The van der Waals surface area contributed by atoms with Gasteiger partial charge in [0.05, 0.1) is 12.1 Å². The summed E-state index contributed by atoms with van der Waals surface area (Å²) in [6.07, 6.45) is 10.5. The smallest absolute Gasteiger partial charge is 0.0922 e. The molecule has 0 aromatic rings. The summed E-state index contributed by atoms with van der Waals surface area (Å²) in [7, 11) is 0. The fourth-order valence-corrected chi connectivity index (χ4v) is 7.30. The Labute approximate surface area is 134 Å². The maximum atomic E-state index is 11.0. The Balaban J connectivity index is 1.60. The predicted octanol–water partition coefficient (Wildman–Crippen LogP) is 4.53. The average molecular weight is 305 g/mol. The first-order valence-corrected chi connectivity index (χ1v) is 9.49. The molecule has 8 atom stereocenters. The molecule has 4 saturated carbocycles. The molecular weight excluding hydrogens is 274 g/mol. The van der Waals surface area contributed by atoms with Crippen LogP contribution in [0.3, 0.4) is 0 Å². The Morgan fingerprint density at radius 1 is 0.909 bits per heavy atom. The number of aliphatic hydroxyl groups excluding tert-OH is 1. The van der Waals surface area contributed by atoms with Gasteiger partial charge in [0.1, 0.15) is 0 Å². The molecule has 0 bridgehead atoms. The number of aliphatic hydroxyl groups is 1. The van der Waals surface area contributed by atoms with E-state index in [4.69, 9.17) is 0 Å². The van der Waals surface area contributed by atoms with E-state index in [1.54, 1.807) is 0 Å². The van der Waals surface area contributed by atoms with Crippen LogP contribution in [0.2, 0.25) is 0 Å². The summed E-state index contributed by atoms with van der Waals surface area (Å²) in [6.45, 7) is 4.87. The molecule has 0 amide bonds. The van der Waals surface area contributed by atoms with Crippen LogP contribution in [0.25, 0.3) is 0 Å². The van der Waals surface area contributed by atoms with Gasteiger partial charge in [-0.15, -0.1) is 0 Å². The van der Waals surface area contributed by atoms with Crippen LogP contribution >= 0.6 is 0 Å². The van der Waals surface area contributed by atoms with E-state index in [0.717, 1.165) is 37.0 Å². The maximum absolute atomic E-state index is 11.0. The van der Waals surface area contributed by atoms with Crippen molar-refractivity contribution in [2.45, 2.75) is 83.8 Å². The van der Waals surface area contributed by atoms with Crippen LogP contribution in [0, 0.1) is 39.4 Å². The summed E-state index contributed by atoms with van der Waals surface area (Å²) in [4.78, 5) is 11.0. The summed E-state index contributed by atoms with van der Waals surface area (Å²) < 4.78 is 0. The van der Waals surface area contributed by atoms with Gasteiger partial charge in [-0.05, 0) is 92.3 Å². The Hall–Kier alpha value is -0.440. The van der Waals surface area contributed by atoms with E-state index < -0.39 is 0 Å². The number of hydrogen-bond donors (Lipinski definition) is 1. The zero-order valence-electron chi connectivity index (χ0n) is 14.1. The normalized spacial score (nSPS) is 57.6. The molecule has 4 aliphatic rings. The van der Waals surface area contributed by atoms with Gasteiger partial charge in [0.15, 0.2) is 0 Å². The minimum Gasteiger partial charge on any atom is -0.393 e. The lowest BCUT2D eigenvalue weighted by atomic mass is 9.45. The highest BCUT2D eigenvalue weighted by molar-refractivity contribution is 5.09. The SMILES string of the molecule is CC12CCC3C(CCC4CC(N=O)CC[C@@]43C)C1CCC2O. The van der Waals surface area contributed by atoms with Crippen molar-refractivity contribution in [1.29, 1.82) is 0 Å². The van der Waals surface area contributed by atoms with Crippen molar-refractivity contribution in [2.24, 2.45) is 39.7 Å². The summed E-state index contributed by atoms with van der Waals surface area (Å²) in [5.74, 6) is 3.09. The topological polar surface area (TPSA) is 49.7 Å². The molecule has 0 aromatic heterocycles. The Morgan fingerprint density at radius 2 is 1.64 bits per heavy atom. The second-order valence-electron chi connectivity index (χ2n) is 9.33. The van der Waals surface area contributed by atoms with Crippen LogP contribution in [0.4, 0.5) is 0 Å². The van der Waals surface area contributed by atoms with Crippen molar-refractivity contribution in [2.75, 3.05) is 0 Å². The summed E-state index contributed by atoms with van der Waals surface area (Å²) in [5, 5.41) is 13.9. The molecule has 4 rings (SSSR count). The molecule has 0 saturated heterocycles. The number of nitroso groups, excluding NO2 is 1. The second-order valence-corrected chi connectivity index (χ2v) is 9.33. The molecule has 7 unspecified atom stereocenters. The minimum atomic E-state index is -0.0704. The molecular formula is C19H31NO2. The molecule has 4 fully saturated rings. The van der Waals surface area contributed by atoms with Gasteiger partial charge in [0.25, 0.3) is 0 Å². The highest BCUT2D eigenvalue weighted by Gasteiger charge is 2.60.